The summed E-state index contributed by atoms with van der Waals surface area (Å²) in [6.45, 7) is 6.71. The maximum absolute atomic E-state index is 5.82. The Morgan fingerprint density at radius 2 is 2.17 bits per heavy atom. The highest BCUT2D eigenvalue weighted by Crippen LogP contribution is 2.22. The van der Waals surface area contributed by atoms with E-state index in [1.165, 1.54) is 39.0 Å². The van der Waals surface area contributed by atoms with E-state index in [9.17, 15) is 0 Å². The van der Waals surface area contributed by atoms with Crippen molar-refractivity contribution in [2.75, 3.05) is 33.2 Å². The van der Waals surface area contributed by atoms with Gasteiger partial charge in [-0.15, -0.1) is 0 Å². The van der Waals surface area contributed by atoms with Crippen molar-refractivity contribution < 1.29 is 4.42 Å². The molecular formula is C14H23N3O. The van der Waals surface area contributed by atoms with Gasteiger partial charge in [-0.3, -0.25) is 9.80 Å². The average molecular weight is 249 g/mol. The number of nitrogens with one attached hydrogen (secondary N) is 1. The van der Waals surface area contributed by atoms with Gasteiger partial charge in [0.25, 0.3) is 0 Å². The molecule has 0 saturated carbocycles. The molecule has 1 aromatic heterocycles. The van der Waals surface area contributed by atoms with Gasteiger partial charge in [-0.1, -0.05) is 0 Å². The molecule has 4 heteroatoms. The second-order valence-corrected chi connectivity index (χ2v) is 5.47. The van der Waals surface area contributed by atoms with Gasteiger partial charge >= 0.3 is 0 Å². The molecule has 18 heavy (non-hydrogen) atoms. The van der Waals surface area contributed by atoms with Crippen LogP contribution in [-0.4, -0.2) is 49.1 Å². The summed E-state index contributed by atoms with van der Waals surface area (Å²) in [7, 11) is 1.95. The quantitative estimate of drug-likeness (QED) is 0.871. The molecule has 0 aromatic carbocycles. The number of hydrogen-bond acceptors (Lipinski definition) is 4. The summed E-state index contributed by atoms with van der Waals surface area (Å²) in [5.41, 5.74) is 0. The molecule has 1 aromatic rings. The van der Waals surface area contributed by atoms with E-state index >= 15 is 0 Å². The topological polar surface area (TPSA) is 31.6 Å². The smallest absolute Gasteiger partial charge is 0.118 e. The molecule has 0 amide bonds. The van der Waals surface area contributed by atoms with Crippen LogP contribution in [0.4, 0.5) is 0 Å². The summed E-state index contributed by atoms with van der Waals surface area (Å²) >= 11 is 0. The highest BCUT2D eigenvalue weighted by atomic mass is 16.3. The van der Waals surface area contributed by atoms with Gasteiger partial charge in [0.15, 0.2) is 0 Å². The predicted octanol–water partition coefficient (Wildman–Crippen LogP) is 1.28. The standard InChI is InChI=1S/C14H23N3O/c1-15-9-13-4-5-14(18-13)11-16-7-8-17-6-2-3-12(17)10-16/h4-5,12,15H,2-3,6-11H2,1H3. The highest BCUT2D eigenvalue weighted by molar-refractivity contribution is 5.07. The Hall–Kier alpha value is -0.840. The van der Waals surface area contributed by atoms with Gasteiger partial charge < -0.3 is 9.73 Å². The SMILES string of the molecule is CNCc1ccc(CN2CCN3CCCC3C2)o1. The second-order valence-electron chi connectivity index (χ2n) is 5.47. The minimum absolute atomic E-state index is 0.797. The van der Waals surface area contributed by atoms with Gasteiger partial charge in [0.05, 0.1) is 13.1 Å². The molecule has 1 atom stereocenters. The van der Waals surface area contributed by atoms with Gasteiger partial charge in [0, 0.05) is 25.7 Å². The van der Waals surface area contributed by atoms with Crippen molar-refractivity contribution in [3.63, 3.8) is 0 Å². The van der Waals surface area contributed by atoms with Crippen molar-refractivity contribution in [1.29, 1.82) is 0 Å². The van der Waals surface area contributed by atoms with E-state index in [1.807, 2.05) is 7.05 Å². The van der Waals surface area contributed by atoms with Crippen LogP contribution in [-0.2, 0) is 13.1 Å². The zero-order chi connectivity index (χ0) is 12.4. The van der Waals surface area contributed by atoms with Gasteiger partial charge in [-0.25, -0.2) is 0 Å². The first-order valence-corrected chi connectivity index (χ1v) is 7.04. The Balaban J connectivity index is 1.55. The fourth-order valence-electron chi connectivity index (χ4n) is 3.20. The largest absolute Gasteiger partial charge is 0.463 e. The van der Waals surface area contributed by atoms with Crippen molar-refractivity contribution in [1.82, 2.24) is 15.1 Å². The molecule has 2 fully saturated rings. The Morgan fingerprint density at radius 1 is 1.28 bits per heavy atom. The second kappa shape index (κ2) is 5.43. The molecule has 4 nitrogen and oxygen atoms in total. The minimum atomic E-state index is 0.797. The molecule has 0 spiro atoms. The normalized spacial score (nSPS) is 25.5. The Bertz CT molecular complexity index is 390. The Kier molecular flexibility index (Phi) is 3.68. The van der Waals surface area contributed by atoms with Crippen molar-refractivity contribution in [3.8, 4) is 0 Å². The molecule has 100 valence electrons. The van der Waals surface area contributed by atoms with Crippen LogP contribution >= 0.6 is 0 Å². The highest BCUT2D eigenvalue weighted by Gasteiger charge is 2.30. The zero-order valence-corrected chi connectivity index (χ0v) is 11.2. The lowest BCUT2D eigenvalue weighted by atomic mass is 10.1. The summed E-state index contributed by atoms with van der Waals surface area (Å²) < 4.78 is 5.82. The predicted molar refractivity (Wildman–Crippen MR) is 71.3 cm³/mol. The lowest BCUT2D eigenvalue weighted by Crippen LogP contribution is -2.49. The summed E-state index contributed by atoms with van der Waals surface area (Å²) in [5.74, 6) is 2.14. The van der Waals surface area contributed by atoms with E-state index in [-0.39, 0.29) is 0 Å². The number of rotatable bonds is 4. The molecule has 1 N–H and O–H groups in total. The summed E-state index contributed by atoms with van der Waals surface area (Å²) in [6.07, 6.45) is 2.76. The number of fused-ring (bicyclic) bond motifs is 1. The first kappa shape index (κ1) is 12.2. The molecule has 2 saturated heterocycles. The fraction of sp³-hybridized carbons (Fsp3) is 0.714. The number of hydrogen-bond donors (Lipinski definition) is 1. The lowest BCUT2D eigenvalue weighted by molar-refractivity contribution is 0.0937. The maximum atomic E-state index is 5.82. The molecule has 0 radical (unpaired) electrons. The third-order valence-electron chi connectivity index (χ3n) is 4.12. The van der Waals surface area contributed by atoms with Gasteiger partial charge in [-0.2, -0.15) is 0 Å². The van der Waals surface area contributed by atoms with E-state index in [1.54, 1.807) is 0 Å². The summed E-state index contributed by atoms with van der Waals surface area (Å²) in [5, 5.41) is 3.12. The third-order valence-corrected chi connectivity index (χ3v) is 4.12. The van der Waals surface area contributed by atoms with Crippen molar-refractivity contribution in [3.05, 3.63) is 23.7 Å². The molecule has 0 aliphatic carbocycles. The average Bonchev–Trinajstić information content (AvgIpc) is 2.98. The third kappa shape index (κ3) is 2.60. The van der Waals surface area contributed by atoms with Crippen LogP contribution < -0.4 is 5.32 Å². The zero-order valence-electron chi connectivity index (χ0n) is 11.2. The number of nitrogens with zero attached hydrogens (tertiary/aromatic N) is 2. The van der Waals surface area contributed by atoms with E-state index in [2.05, 4.69) is 27.2 Å². The molecule has 3 rings (SSSR count). The van der Waals surface area contributed by atoms with Gasteiger partial charge in [0.1, 0.15) is 11.5 Å². The maximum Gasteiger partial charge on any atom is 0.118 e. The lowest BCUT2D eigenvalue weighted by Gasteiger charge is -2.37. The number of piperazine rings is 1. The Labute approximate surface area is 109 Å². The molecule has 2 aliphatic rings. The van der Waals surface area contributed by atoms with E-state index in [0.29, 0.717) is 0 Å². The monoisotopic (exact) mass is 249 g/mol. The van der Waals surface area contributed by atoms with Crippen LogP contribution in [0.15, 0.2) is 16.5 Å². The van der Waals surface area contributed by atoms with Crippen LogP contribution in [0.25, 0.3) is 0 Å². The van der Waals surface area contributed by atoms with Crippen LogP contribution in [0.2, 0.25) is 0 Å². The summed E-state index contributed by atoms with van der Waals surface area (Å²) in [6, 6.07) is 5.00. The Morgan fingerprint density at radius 3 is 3.06 bits per heavy atom. The van der Waals surface area contributed by atoms with Crippen molar-refractivity contribution >= 4 is 0 Å². The van der Waals surface area contributed by atoms with Crippen LogP contribution in [0, 0.1) is 0 Å². The number of furan rings is 1. The van der Waals surface area contributed by atoms with E-state index in [0.717, 1.165) is 30.7 Å². The first-order chi connectivity index (χ1) is 8.85. The molecule has 1 unspecified atom stereocenters. The van der Waals surface area contributed by atoms with E-state index < -0.39 is 0 Å². The van der Waals surface area contributed by atoms with E-state index in [4.69, 9.17) is 4.42 Å². The molecule has 0 bridgehead atoms. The van der Waals surface area contributed by atoms with Crippen LogP contribution in [0.5, 0.6) is 0 Å². The molecule has 3 heterocycles. The summed E-state index contributed by atoms with van der Waals surface area (Å²) in [4.78, 5) is 5.18. The molecular weight excluding hydrogens is 226 g/mol. The van der Waals surface area contributed by atoms with Crippen molar-refractivity contribution in [2.24, 2.45) is 0 Å². The van der Waals surface area contributed by atoms with Gasteiger partial charge in [-0.05, 0) is 38.6 Å². The fourth-order valence-corrected chi connectivity index (χ4v) is 3.20. The van der Waals surface area contributed by atoms with Crippen molar-refractivity contribution in [2.45, 2.75) is 32.0 Å². The molecule has 2 aliphatic heterocycles. The van der Waals surface area contributed by atoms with Crippen LogP contribution in [0.3, 0.4) is 0 Å². The van der Waals surface area contributed by atoms with Crippen LogP contribution in [0.1, 0.15) is 24.4 Å². The minimum Gasteiger partial charge on any atom is -0.463 e. The van der Waals surface area contributed by atoms with Gasteiger partial charge in [0.2, 0.25) is 0 Å². The first-order valence-electron chi connectivity index (χ1n) is 7.04.